The maximum atomic E-state index is 13.1. The number of carboxylic acid groups (broad SMARTS) is 1. The fraction of sp³-hybridized carbons (Fsp3) is 0.562. The quantitative estimate of drug-likeness (QED) is 0.0760. The van der Waals surface area contributed by atoms with E-state index in [1.807, 2.05) is 0 Å². The molecule has 3 heterocycles. The van der Waals surface area contributed by atoms with Crippen molar-refractivity contribution in [2.75, 3.05) is 24.4 Å². The Hall–Kier alpha value is -2.59. The molecule has 0 bridgehead atoms. The van der Waals surface area contributed by atoms with E-state index >= 15 is 0 Å². The summed E-state index contributed by atoms with van der Waals surface area (Å²) in [6.07, 6.45) is 0. The summed E-state index contributed by atoms with van der Waals surface area (Å²) in [6, 6.07) is -0.755. The Labute approximate surface area is 222 Å². The zero-order chi connectivity index (χ0) is 27.5. The van der Waals surface area contributed by atoms with E-state index in [2.05, 4.69) is 26.2 Å². The number of fused-ring (bicyclic) bond motifs is 1. The Morgan fingerprint density at radius 1 is 1.41 bits per heavy atom. The molecule has 37 heavy (non-hydrogen) atoms. The maximum Gasteiger partial charge on any atom is 0.352 e. The molecular formula is C16H22N8O9S4. The third-order valence-electron chi connectivity index (χ3n) is 4.93. The third kappa shape index (κ3) is 6.46. The van der Waals surface area contributed by atoms with Gasteiger partial charge in [0.1, 0.15) is 11.1 Å². The summed E-state index contributed by atoms with van der Waals surface area (Å²) >= 11 is 3.13. The number of carbonyl (C=O) groups is 4. The first-order valence-corrected chi connectivity index (χ1v) is 14.8. The SMILES string of the molecule is CO[C@@]1(NC(=O)CSC(C)NC(N)=O)C(=O)N2C(C(=O)O)=C(CSc3nnnn3CS(=O)(=O)O)CS[C@@H]21. The second-order valence-corrected chi connectivity index (χ2v) is 12.3. The van der Waals surface area contributed by atoms with E-state index < -0.39 is 56.3 Å². The lowest BCUT2D eigenvalue weighted by Gasteiger charge is -2.55. The number of thioether (sulfide) groups is 3. The number of aliphatic carboxylic acids is 1. The standard InChI is InChI=1S/C16H22N8O9S4/c1-7(18-14(17)29)34-5-9(25)19-16(33-2)12(28)24-10(11(26)27)8(3-35-13(16)24)4-36-15-20-21-22-23(15)6-37(30,31)32/h7,13H,3-6H2,1-2H3,(H,19,25)(H,26,27)(H3,17,18,29)(H,30,31,32)/t7?,13-,16+/m1/s1. The first-order valence-electron chi connectivity index (χ1n) is 10.1. The number of urea groups is 1. The number of aromatic nitrogens is 4. The molecule has 204 valence electrons. The van der Waals surface area contributed by atoms with E-state index in [0.29, 0.717) is 5.57 Å². The van der Waals surface area contributed by atoms with Crippen molar-refractivity contribution in [1.29, 1.82) is 0 Å². The van der Waals surface area contributed by atoms with Crippen LogP contribution in [-0.4, -0.2) is 108 Å². The number of amides is 4. The van der Waals surface area contributed by atoms with E-state index in [9.17, 15) is 32.7 Å². The second-order valence-electron chi connectivity index (χ2n) is 7.51. The van der Waals surface area contributed by atoms with Gasteiger partial charge >= 0.3 is 12.0 Å². The van der Waals surface area contributed by atoms with Crippen LogP contribution in [0.3, 0.4) is 0 Å². The van der Waals surface area contributed by atoms with Crippen LogP contribution in [0, 0.1) is 0 Å². The summed E-state index contributed by atoms with van der Waals surface area (Å²) in [5.41, 5.74) is 3.27. The van der Waals surface area contributed by atoms with Crippen LogP contribution >= 0.6 is 35.3 Å². The predicted molar refractivity (Wildman–Crippen MR) is 130 cm³/mol. The number of hydrogen-bond donors (Lipinski definition) is 5. The van der Waals surface area contributed by atoms with Crippen LogP contribution in [0.2, 0.25) is 0 Å². The van der Waals surface area contributed by atoms with Crippen molar-refractivity contribution >= 4 is 69.2 Å². The molecule has 1 aromatic heterocycles. The summed E-state index contributed by atoms with van der Waals surface area (Å²) in [5, 5.41) is 23.9. The highest BCUT2D eigenvalue weighted by Crippen LogP contribution is 2.47. The molecule has 2 aliphatic heterocycles. The molecule has 3 rings (SSSR count). The van der Waals surface area contributed by atoms with Gasteiger partial charge in [0.15, 0.2) is 5.88 Å². The van der Waals surface area contributed by atoms with Gasteiger partial charge in [0.25, 0.3) is 21.8 Å². The van der Waals surface area contributed by atoms with Gasteiger partial charge in [-0.05, 0) is 22.9 Å². The number of carbonyl (C=O) groups excluding carboxylic acids is 3. The number of methoxy groups -OCH3 is 1. The molecule has 4 amide bonds. The monoisotopic (exact) mass is 598 g/mol. The number of nitrogens with one attached hydrogen (secondary N) is 2. The highest BCUT2D eigenvalue weighted by molar-refractivity contribution is 8.01. The van der Waals surface area contributed by atoms with Crippen LogP contribution in [0.25, 0.3) is 0 Å². The fourth-order valence-electron chi connectivity index (χ4n) is 3.43. The summed E-state index contributed by atoms with van der Waals surface area (Å²) in [4.78, 5) is 49.7. The minimum absolute atomic E-state index is 0.00739. The van der Waals surface area contributed by atoms with Gasteiger partial charge in [-0.3, -0.25) is 19.0 Å². The van der Waals surface area contributed by atoms with Gasteiger partial charge in [-0.25, -0.2) is 14.3 Å². The Kier molecular flexibility index (Phi) is 8.95. The molecule has 2 aliphatic rings. The summed E-state index contributed by atoms with van der Waals surface area (Å²) in [7, 11) is -3.21. The molecule has 0 aliphatic carbocycles. The van der Waals surface area contributed by atoms with Crippen LogP contribution in [0.1, 0.15) is 6.92 Å². The molecule has 1 saturated heterocycles. The second kappa shape index (κ2) is 11.4. The number of rotatable bonds is 12. The van der Waals surface area contributed by atoms with E-state index in [1.54, 1.807) is 6.92 Å². The van der Waals surface area contributed by atoms with Crippen LogP contribution in [0.5, 0.6) is 0 Å². The number of carboxylic acids is 1. The van der Waals surface area contributed by atoms with Crippen molar-refractivity contribution in [3.05, 3.63) is 11.3 Å². The number of tetrazole rings is 1. The average Bonchev–Trinajstić information content (AvgIpc) is 3.23. The average molecular weight is 599 g/mol. The predicted octanol–water partition coefficient (Wildman–Crippen LogP) is -1.93. The third-order valence-corrected chi connectivity index (χ3v) is 8.96. The molecule has 17 nitrogen and oxygen atoms in total. The highest BCUT2D eigenvalue weighted by atomic mass is 32.2. The van der Waals surface area contributed by atoms with Gasteiger partial charge in [-0.2, -0.15) is 8.42 Å². The Bertz CT molecular complexity index is 1240. The molecule has 6 N–H and O–H groups in total. The van der Waals surface area contributed by atoms with E-state index in [0.717, 1.165) is 44.9 Å². The summed E-state index contributed by atoms with van der Waals surface area (Å²) in [5.74, 6) is -3.65. The fourth-order valence-corrected chi connectivity index (χ4v) is 7.12. The molecule has 21 heteroatoms. The zero-order valence-electron chi connectivity index (χ0n) is 19.2. The first kappa shape index (κ1) is 29.0. The van der Waals surface area contributed by atoms with Crippen molar-refractivity contribution in [1.82, 2.24) is 35.7 Å². The Morgan fingerprint density at radius 2 is 2.11 bits per heavy atom. The van der Waals surface area contributed by atoms with E-state index in [1.165, 1.54) is 7.11 Å². The summed E-state index contributed by atoms with van der Waals surface area (Å²) < 4.78 is 37.5. The zero-order valence-corrected chi connectivity index (χ0v) is 22.4. The van der Waals surface area contributed by atoms with Gasteiger partial charge in [0.05, 0.1) is 11.1 Å². The Morgan fingerprint density at radius 3 is 2.70 bits per heavy atom. The molecule has 0 aromatic carbocycles. The van der Waals surface area contributed by atoms with Gasteiger partial charge in [-0.15, -0.1) is 28.6 Å². The van der Waals surface area contributed by atoms with Crippen molar-refractivity contribution in [3.8, 4) is 0 Å². The largest absolute Gasteiger partial charge is 0.477 e. The lowest BCUT2D eigenvalue weighted by Crippen LogP contribution is -2.80. The number of nitrogens with two attached hydrogens (primary N) is 1. The van der Waals surface area contributed by atoms with Crippen LogP contribution < -0.4 is 16.4 Å². The van der Waals surface area contributed by atoms with E-state index in [4.69, 9.17) is 15.0 Å². The molecule has 0 saturated carbocycles. The van der Waals surface area contributed by atoms with E-state index in [-0.39, 0.29) is 28.1 Å². The smallest absolute Gasteiger partial charge is 0.352 e. The minimum atomic E-state index is -4.42. The molecule has 1 unspecified atom stereocenters. The summed E-state index contributed by atoms with van der Waals surface area (Å²) in [6.45, 7) is 1.62. The van der Waals surface area contributed by atoms with Crippen molar-refractivity contribution in [3.63, 3.8) is 0 Å². The minimum Gasteiger partial charge on any atom is -0.477 e. The lowest BCUT2D eigenvalue weighted by atomic mass is 9.98. The lowest BCUT2D eigenvalue weighted by molar-refractivity contribution is -0.192. The van der Waals surface area contributed by atoms with Crippen molar-refractivity contribution < 1.29 is 42.0 Å². The Balaban J connectivity index is 1.73. The number of ether oxygens (including phenoxy) is 1. The molecule has 0 spiro atoms. The van der Waals surface area contributed by atoms with Gasteiger partial charge < -0.3 is 26.2 Å². The number of nitrogens with zero attached hydrogens (tertiary/aromatic N) is 5. The topological polar surface area (TPSA) is 249 Å². The van der Waals surface area contributed by atoms with Crippen LogP contribution in [-0.2, 0) is 35.1 Å². The molecule has 1 fully saturated rings. The molecule has 0 radical (unpaired) electrons. The molecular weight excluding hydrogens is 576 g/mol. The first-order chi connectivity index (χ1) is 17.3. The maximum absolute atomic E-state index is 13.1. The van der Waals surface area contributed by atoms with Gasteiger partial charge in [0.2, 0.25) is 11.1 Å². The van der Waals surface area contributed by atoms with Gasteiger partial charge in [0, 0.05) is 18.6 Å². The van der Waals surface area contributed by atoms with Gasteiger partial charge in [-0.1, -0.05) is 11.8 Å². The molecule has 1 aromatic rings. The number of hydrogen-bond acceptors (Lipinski definition) is 13. The molecule has 3 atom stereocenters. The van der Waals surface area contributed by atoms with Crippen LogP contribution in [0.4, 0.5) is 4.79 Å². The van der Waals surface area contributed by atoms with Crippen molar-refractivity contribution in [2.45, 2.75) is 34.4 Å². The number of β-lactam (4-membered cyclic amide) rings is 1. The highest BCUT2D eigenvalue weighted by Gasteiger charge is 2.66. The normalized spacial score (nSPS) is 22.2. The van der Waals surface area contributed by atoms with Crippen molar-refractivity contribution in [2.24, 2.45) is 5.73 Å². The van der Waals surface area contributed by atoms with Crippen LogP contribution in [0.15, 0.2) is 16.4 Å². The number of primary amides is 1.